The van der Waals surface area contributed by atoms with E-state index >= 15 is 0 Å². The second kappa shape index (κ2) is 10.3. The largest absolute Gasteiger partial charge is 0.343 e. The lowest BCUT2D eigenvalue weighted by molar-refractivity contribution is -0.132. The molecule has 1 aliphatic rings. The Hall–Kier alpha value is -2.10. The number of hydrogen-bond acceptors (Lipinski definition) is 2. The standard InChI is InChI=1S/C26H39N3O/c1-19(2)18-29-22(5)25(21(4)27-29)12-13-26(30)28-16-14-24(15-17-28)11-10-23-8-6-20(3)7-9-23/h6-9,19,24H,10-18H2,1-5H3. The first-order chi connectivity index (χ1) is 14.3. The molecule has 1 fully saturated rings. The molecule has 0 bridgehead atoms. The van der Waals surface area contributed by atoms with Crippen LogP contribution in [0.15, 0.2) is 24.3 Å². The van der Waals surface area contributed by atoms with Crippen LogP contribution in [0.1, 0.15) is 67.6 Å². The van der Waals surface area contributed by atoms with Gasteiger partial charge < -0.3 is 4.90 Å². The van der Waals surface area contributed by atoms with E-state index in [2.05, 4.69) is 68.5 Å². The summed E-state index contributed by atoms with van der Waals surface area (Å²) in [5, 5.41) is 4.69. The van der Waals surface area contributed by atoms with Crippen molar-refractivity contribution in [1.29, 1.82) is 0 Å². The Bertz CT molecular complexity index is 827. The van der Waals surface area contributed by atoms with Gasteiger partial charge in [0.25, 0.3) is 0 Å². The SMILES string of the molecule is Cc1ccc(CCC2CCN(C(=O)CCc3c(C)nn(CC(C)C)c3C)CC2)cc1. The molecule has 4 heteroatoms. The summed E-state index contributed by atoms with van der Waals surface area (Å²) in [4.78, 5) is 14.9. The van der Waals surface area contributed by atoms with Gasteiger partial charge in [0, 0.05) is 31.7 Å². The number of nitrogens with zero attached hydrogens (tertiary/aromatic N) is 3. The number of piperidine rings is 1. The minimum Gasteiger partial charge on any atom is -0.343 e. The molecule has 1 aliphatic heterocycles. The molecule has 1 amide bonds. The van der Waals surface area contributed by atoms with Crippen LogP contribution >= 0.6 is 0 Å². The fraction of sp³-hybridized carbons (Fsp3) is 0.615. The van der Waals surface area contributed by atoms with Crippen LogP contribution in [-0.4, -0.2) is 33.7 Å². The molecule has 30 heavy (non-hydrogen) atoms. The molecule has 0 saturated carbocycles. The zero-order chi connectivity index (χ0) is 21.7. The van der Waals surface area contributed by atoms with E-state index in [1.54, 1.807) is 0 Å². The summed E-state index contributed by atoms with van der Waals surface area (Å²) in [7, 11) is 0. The van der Waals surface area contributed by atoms with E-state index in [9.17, 15) is 4.79 Å². The number of aryl methyl sites for hydroxylation is 3. The third-order valence-electron chi connectivity index (χ3n) is 6.59. The zero-order valence-corrected chi connectivity index (χ0v) is 19.6. The van der Waals surface area contributed by atoms with Crippen LogP contribution in [0, 0.1) is 32.6 Å². The molecule has 1 aromatic heterocycles. The first kappa shape index (κ1) is 22.6. The lowest BCUT2D eigenvalue weighted by Gasteiger charge is -2.32. The Kier molecular flexibility index (Phi) is 7.74. The number of carbonyl (C=O) groups excluding carboxylic acids is 1. The van der Waals surface area contributed by atoms with Crippen molar-refractivity contribution in [2.24, 2.45) is 11.8 Å². The molecule has 3 rings (SSSR count). The number of likely N-dealkylation sites (tertiary alicyclic amines) is 1. The number of carbonyl (C=O) groups is 1. The lowest BCUT2D eigenvalue weighted by Crippen LogP contribution is -2.38. The Labute approximate surface area is 182 Å². The fourth-order valence-electron chi connectivity index (χ4n) is 4.61. The highest BCUT2D eigenvalue weighted by Crippen LogP contribution is 2.24. The summed E-state index contributed by atoms with van der Waals surface area (Å²) in [6, 6.07) is 8.90. The normalized spacial score (nSPS) is 15.2. The molecule has 0 spiro atoms. The van der Waals surface area contributed by atoms with Gasteiger partial charge in [-0.15, -0.1) is 0 Å². The van der Waals surface area contributed by atoms with Gasteiger partial charge in [-0.1, -0.05) is 43.7 Å². The molecule has 164 valence electrons. The monoisotopic (exact) mass is 409 g/mol. The fourth-order valence-corrected chi connectivity index (χ4v) is 4.61. The van der Waals surface area contributed by atoms with Crippen molar-refractivity contribution in [3.63, 3.8) is 0 Å². The number of rotatable bonds is 8. The summed E-state index contributed by atoms with van der Waals surface area (Å²) >= 11 is 0. The Morgan fingerprint density at radius 2 is 1.73 bits per heavy atom. The molecule has 4 nitrogen and oxygen atoms in total. The van der Waals surface area contributed by atoms with Gasteiger partial charge in [-0.3, -0.25) is 9.48 Å². The van der Waals surface area contributed by atoms with E-state index in [4.69, 9.17) is 5.10 Å². The molecule has 0 aliphatic carbocycles. The van der Waals surface area contributed by atoms with Gasteiger partial charge in [-0.05, 0) is 75.8 Å². The maximum Gasteiger partial charge on any atom is 0.222 e. The van der Waals surface area contributed by atoms with Crippen molar-refractivity contribution in [2.75, 3.05) is 13.1 Å². The van der Waals surface area contributed by atoms with E-state index in [1.165, 1.54) is 28.8 Å². The van der Waals surface area contributed by atoms with Gasteiger partial charge >= 0.3 is 0 Å². The summed E-state index contributed by atoms with van der Waals surface area (Å²) < 4.78 is 2.11. The second-order valence-corrected chi connectivity index (χ2v) is 9.57. The zero-order valence-electron chi connectivity index (χ0n) is 19.6. The highest BCUT2D eigenvalue weighted by atomic mass is 16.2. The van der Waals surface area contributed by atoms with Crippen molar-refractivity contribution in [1.82, 2.24) is 14.7 Å². The highest BCUT2D eigenvalue weighted by Gasteiger charge is 2.23. The van der Waals surface area contributed by atoms with Crippen LogP contribution in [0.4, 0.5) is 0 Å². The Morgan fingerprint density at radius 3 is 2.37 bits per heavy atom. The Balaban J connectivity index is 1.43. The van der Waals surface area contributed by atoms with E-state index in [-0.39, 0.29) is 0 Å². The van der Waals surface area contributed by atoms with Gasteiger partial charge in [-0.25, -0.2) is 0 Å². The van der Waals surface area contributed by atoms with E-state index in [0.29, 0.717) is 18.2 Å². The first-order valence-electron chi connectivity index (χ1n) is 11.7. The van der Waals surface area contributed by atoms with Crippen LogP contribution in [-0.2, 0) is 24.2 Å². The third-order valence-corrected chi connectivity index (χ3v) is 6.59. The summed E-state index contributed by atoms with van der Waals surface area (Å²) in [6.07, 6.45) is 6.07. The van der Waals surface area contributed by atoms with E-state index < -0.39 is 0 Å². The predicted molar refractivity (Wildman–Crippen MR) is 124 cm³/mol. The number of hydrogen-bond donors (Lipinski definition) is 0. The minimum absolute atomic E-state index is 0.308. The van der Waals surface area contributed by atoms with Crippen molar-refractivity contribution >= 4 is 5.91 Å². The number of benzene rings is 1. The highest BCUT2D eigenvalue weighted by molar-refractivity contribution is 5.76. The average Bonchev–Trinajstić information content (AvgIpc) is 2.98. The van der Waals surface area contributed by atoms with Crippen molar-refractivity contribution in [2.45, 2.75) is 79.7 Å². The van der Waals surface area contributed by atoms with Gasteiger partial charge in [0.15, 0.2) is 0 Å². The molecule has 0 radical (unpaired) electrons. The predicted octanol–water partition coefficient (Wildman–Crippen LogP) is 5.27. The molecular weight excluding hydrogens is 370 g/mol. The second-order valence-electron chi connectivity index (χ2n) is 9.57. The lowest BCUT2D eigenvalue weighted by atomic mass is 9.90. The molecule has 1 saturated heterocycles. The van der Waals surface area contributed by atoms with Crippen LogP contribution in [0.5, 0.6) is 0 Å². The van der Waals surface area contributed by atoms with E-state index in [1.807, 2.05) is 0 Å². The molecule has 2 heterocycles. The van der Waals surface area contributed by atoms with Gasteiger partial charge in [0.2, 0.25) is 5.91 Å². The quantitative estimate of drug-likeness (QED) is 0.596. The first-order valence-corrected chi connectivity index (χ1v) is 11.7. The number of aromatic nitrogens is 2. The third kappa shape index (κ3) is 5.96. The molecule has 1 aromatic carbocycles. The maximum absolute atomic E-state index is 12.8. The van der Waals surface area contributed by atoms with Gasteiger partial charge in [-0.2, -0.15) is 5.10 Å². The summed E-state index contributed by atoms with van der Waals surface area (Å²) in [5.74, 6) is 1.63. The molecule has 0 atom stereocenters. The van der Waals surface area contributed by atoms with Crippen LogP contribution < -0.4 is 0 Å². The Morgan fingerprint density at radius 1 is 1.07 bits per heavy atom. The molecular formula is C26H39N3O. The number of amides is 1. The molecule has 0 N–H and O–H groups in total. The van der Waals surface area contributed by atoms with Crippen molar-refractivity contribution < 1.29 is 4.79 Å². The van der Waals surface area contributed by atoms with Crippen LogP contribution in [0.3, 0.4) is 0 Å². The average molecular weight is 410 g/mol. The molecule has 0 unspecified atom stereocenters. The van der Waals surface area contributed by atoms with Gasteiger partial charge in [0.05, 0.1) is 5.69 Å². The minimum atomic E-state index is 0.308. The van der Waals surface area contributed by atoms with E-state index in [0.717, 1.165) is 56.9 Å². The van der Waals surface area contributed by atoms with Crippen LogP contribution in [0.2, 0.25) is 0 Å². The van der Waals surface area contributed by atoms with Crippen LogP contribution in [0.25, 0.3) is 0 Å². The maximum atomic E-state index is 12.8. The van der Waals surface area contributed by atoms with Gasteiger partial charge in [0.1, 0.15) is 0 Å². The van der Waals surface area contributed by atoms with Crippen molar-refractivity contribution in [3.05, 3.63) is 52.3 Å². The summed E-state index contributed by atoms with van der Waals surface area (Å²) in [6.45, 7) is 13.6. The molecule has 2 aromatic rings. The van der Waals surface area contributed by atoms with Crippen molar-refractivity contribution in [3.8, 4) is 0 Å². The summed E-state index contributed by atoms with van der Waals surface area (Å²) in [5.41, 5.74) is 6.32. The smallest absolute Gasteiger partial charge is 0.222 e. The topological polar surface area (TPSA) is 38.1 Å².